The summed E-state index contributed by atoms with van der Waals surface area (Å²) in [5.41, 5.74) is 2.96. The number of ether oxygens (including phenoxy) is 1. The molecule has 0 atom stereocenters. The highest BCUT2D eigenvalue weighted by Crippen LogP contribution is 2.39. The monoisotopic (exact) mass is 408 g/mol. The molecule has 1 amide bonds. The molecule has 7 heteroatoms. The summed E-state index contributed by atoms with van der Waals surface area (Å²) in [4.78, 5) is 14.5. The largest absolute Gasteiger partial charge is 0.454 e. The van der Waals surface area contributed by atoms with Crippen LogP contribution in [0.15, 0.2) is 66.7 Å². The van der Waals surface area contributed by atoms with E-state index in [4.69, 9.17) is 4.74 Å². The van der Waals surface area contributed by atoms with Crippen molar-refractivity contribution in [3.8, 4) is 11.5 Å². The van der Waals surface area contributed by atoms with E-state index in [-0.39, 0.29) is 11.7 Å². The van der Waals surface area contributed by atoms with Crippen molar-refractivity contribution in [1.29, 1.82) is 0 Å². The predicted molar refractivity (Wildman–Crippen MR) is 113 cm³/mol. The Balaban J connectivity index is 1.64. The summed E-state index contributed by atoms with van der Waals surface area (Å²) in [6.45, 7) is 1.94. The maximum absolute atomic E-state index is 13.0. The predicted octanol–water partition coefficient (Wildman–Crippen LogP) is 4.32. The number of fused-ring (bicyclic) bond motifs is 2. The van der Waals surface area contributed by atoms with Gasteiger partial charge in [0.1, 0.15) is 5.75 Å². The number of sulfonamides is 1. The van der Waals surface area contributed by atoms with E-state index in [9.17, 15) is 13.2 Å². The molecule has 6 nitrogen and oxygen atoms in total. The third-order valence-electron chi connectivity index (χ3n) is 4.68. The third kappa shape index (κ3) is 3.95. The molecule has 3 aromatic rings. The fraction of sp³-hybridized carbons (Fsp3) is 0.136. The molecule has 3 aromatic carbocycles. The van der Waals surface area contributed by atoms with Gasteiger partial charge in [0.05, 0.1) is 17.0 Å². The lowest BCUT2D eigenvalue weighted by Gasteiger charge is -2.17. The number of hydrogen-bond acceptors (Lipinski definition) is 4. The Morgan fingerprint density at radius 1 is 0.966 bits per heavy atom. The molecule has 1 heterocycles. The van der Waals surface area contributed by atoms with Crippen molar-refractivity contribution in [2.24, 2.45) is 0 Å². The number of carbonyl (C=O) groups excluding carboxylic acids is 1. The smallest absolute Gasteiger partial charge is 0.261 e. The molecule has 0 spiro atoms. The first-order chi connectivity index (χ1) is 13.8. The Morgan fingerprint density at radius 3 is 2.45 bits per heavy atom. The molecule has 0 saturated carbocycles. The number of nitrogens with zero attached hydrogens (tertiary/aromatic N) is 1. The first-order valence-electron chi connectivity index (χ1n) is 9.07. The lowest BCUT2D eigenvalue weighted by Crippen LogP contribution is -2.25. The summed E-state index contributed by atoms with van der Waals surface area (Å²) in [6.07, 6.45) is 0. The molecule has 0 radical (unpaired) electrons. The molecule has 29 heavy (non-hydrogen) atoms. The highest BCUT2D eigenvalue weighted by molar-refractivity contribution is 7.91. The van der Waals surface area contributed by atoms with Crippen molar-refractivity contribution in [1.82, 2.24) is 0 Å². The summed E-state index contributed by atoms with van der Waals surface area (Å²) in [7, 11) is -1.96. The SMILES string of the molecule is Cc1ccc2c(c1)N(C)C(=O)c1cc(NS(=O)(=O)Cc3ccccc3)ccc1O2. The topological polar surface area (TPSA) is 75.7 Å². The Hall–Kier alpha value is -3.32. The first kappa shape index (κ1) is 19.0. The van der Waals surface area contributed by atoms with Crippen LogP contribution in [0, 0.1) is 6.92 Å². The van der Waals surface area contributed by atoms with Gasteiger partial charge in [-0.25, -0.2) is 8.42 Å². The lowest BCUT2D eigenvalue weighted by molar-refractivity contribution is 0.0993. The van der Waals surface area contributed by atoms with Gasteiger partial charge in [0.25, 0.3) is 5.91 Å². The van der Waals surface area contributed by atoms with E-state index in [1.54, 1.807) is 43.4 Å². The highest BCUT2D eigenvalue weighted by atomic mass is 32.2. The molecule has 1 aliphatic rings. The van der Waals surface area contributed by atoms with Crippen molar-refractivity contribution in [2.45, 2.75) is 12.7 Å². The maximum Gasteiger partial charge on any atom is 0.261 e. The van der Waals surface area contributed by atoms with Gasteiger partial charge in [-0.3, -0.25) is 9.52 Å². The van der Waals surface area contributed by atoms with Crippen LogP contribution in [0.25, 0.3) is 0 Å². The van der Waals surface area contributed by atoms with E-state index in [0.29, 0.717) is 34.0 Å². The molecule has 4 rings (SSSR count). The summed E-state index contributed by atoms with van der Waals surface area (Å²) >= 11 is 0. The van der Waals surface area contributed by atoms with E-state index in [1.165, 1.54) is 11.0 Å². The normalized spacial score (nSPS) is 13.2. The molecule has 0 fully saturated rings. The number of hydrogen-bond donors (Lipinski definition) is 1. The van der Waals surface area contributed by atoms with Gasteiger partial charge in [0, 0.05) is 12.7 Å². The number of nitrogens with one attached hydrogen (secondary N) is 1. The maximum atomic E-state index is 13.0. The van der Waals surface area contributed by atoms with Crippen molar-refractivity contribution >= 4 is 27.3 Å². The Morgan fingerprint density at radius 2 is 1.69 bits per heavy atom. The Labute approximate surface area is 169 Å². The van der Waals surface area contributed by atoms with Gasteiger partial charge in [-0.05, 0) is 48.4 Å². The van der Waals surface area contributed by atoms with Crippen LogP contribution >= 0.6 is 0 Å². The third-order valence-corrected chi connectivity index (χ3v) is 5.94. The second-order valence-corrected chi connectivity index (χ2v) is 8.72. The molecule has 0 bridgehead atoms. The molecule has 1 N–H and O–H groups in total. The second kappa shape index (κ2) is 7.25. The zero-order chi connectivity index (χ0) is 20.6. The van der Waals surface area contributed by atoms with Crippen molar-refractivity contribution in [3.63, 3.8) is 0 Å². The van der Waals surface area contributed by atoms with Crippen LogP contribution in [0.4, 0.5) is 11.4 Å². The number of carbonyl (C=O) groups is 1. The average Bonchev–Trinajstić information content (AvgIpc) is 2.78. The molecule has 1 aliphatic heterocycles. The van der Waals surface area contributed by atoms with E-state index in [2.05, 4.69) is 4.72 Å². The van der Waals surface area contributed by atoms with Crippen LogP contribution < -0.4 is 14.4 Å². The average molecular weight is 408 g/mol. The van der Waals surface area contributed by atoms with E-state index in [1.807, 2.05) is 31.2 Å². The number of anilines is 2. The van der Waals surface area contributed by atoms with Crippen molar-refractivity contribution in [3.05, 3.63) is 83.4 Å². The quantitative estimate of drug-likeness (QED) is 0.698. The summed E-state index contributed by atoms with van der Waals surface area (Å²) < 4.78 is 33.5. The van der Waals surface area contributed by atoms with Crippen LogP contribution in [-0.4, -0.2) is 21.4 Å². The molecule has 0 saturated heterocycles. The van der Waals surface area contributed by atoms with Gasteiger partial charge in [-0.1, -0.05) is 36.4 Å². The minimum Gasteiger partial charge on any atom is -0.454 e. The molecule has 0 aliphatic carbocycles. The zero-order valence-electron chi connectivity index (χ0n) is 16.0. The lowest BCUT2D eigenvalue weighted by atomic mass is 10.1. The summed E-state index contributed by atoms with van der Waals surface area (Å²) in [5, 5.41) is 0. The molecule has 0 aromatic heterocycles. The molecule has 0 unspecified atom stereocenters. The Bertz CT molecular complexity index is 1190. The van der Waals surface area contributed by atoms with E-state index >= 15 is 0 Å². The number of aryl methyl sites for hydroxylation is 1. The molecule has 148 valence electrons. The van der Waals surface area contributed by atoms with E-state index < -0.39 is 10.0 Å². The van der Waals surface area contributed by atoms with Crippen molar-refractivity contribution < 1.29 is 17.9 Å². The van der Waals surface area contributed by atoms with Crippen LogP contribution in [0.5, 0.6) is 11.5 Å². The summed E-state index contributed by atoms with van der Waals surface area (Å²) in [5.74, 6) is 0.534. The minimum absolute atomic E-state index is 0.153. The molecular weight excluding hydrogens is 388 g/mol. The number of benzene rings is 3. The number of rotatable bonds is 4. The Kier molecular flexibility index (Phi) is 4.76. The van der Waals surface area contributed by atoms with Crippen LogP contribution in [0.2, 0.25) is 0 Å². The molecular formula is C22H20N2O4S. The van der Waals surface area contributed by atoms with Gasteiger partial charge in [-0.2, -0.15) is 0 Å². The van der Waals surface area contributed by atoms with Crippen LogP contribution in [0.3, 0.4) is 0 Å². The fourth-order valence-corrected chi connectivity index (χ4v) is 4.43. The van der Waals surface area contributed by atoms with Gasteiger partial charge in [-0.15, -0.1) is 0 Å². The highest BCUT2D eigenvalue weighted by Gasteiger charge is 2.26. The zero-order valence-corrected chi connectivity index (χ0v) is 16.9. The van der Waals surface area contributed by atoms with Gasteiger partial charge in [0.15, 0.2) is 5.75 Å². The van der Waals surface area contributed by atoms with Gasteiger partial charge >= 0.3 is 0 Å². The summed E-state index contributed by atoms with van der Waals surface area (Å²) in [6, 6.07) is 19.2. The van der Waals surface area contributed by atoms with Crippen LogP contribution in [0.1, 0.15) is 21.5 Å². The number of amides is 1. The van der Waals surface area contributed by atoms with E-state index in [0.717, 1.165) is 5.56 Å². The van der Waals surface area contributed by atoms with Crippen LogP contribution in [-0.2, 0) is 15.8 Å². The second-order valence-electron chi connectivity index (χ2n) is 7.00. The first-order valence-corrected chi connectivity index (χ1v) is 10.7. The minimum atomic E-state index is -3.63. The van der Waals surface area contributed by atoms with Gasteiger partial charge < -0.3 is 9.64 Å². The van der Waals surface area contributed by atoms with Crippen molar-refractivity contribution in [2.75, 3.05) is 16.7 Å². The van der Waals surface area contributed by atoms with Gasteiger partial charge in [0.2, 0.25) is 10.0 Å². The standard InChI is InChI=1S/C22H20N2O4S/c1-15-8-10-21-19(12-15)24(2)22(25)18-13-17(9-11-20(18)28-21)23-29(26,27)14-16-6-4-3-5-7-16/h3-13,23H,14H2,1-2H3. The fourth-order valence-electron chi connectivity index (χ4n) is 3.24.